The summed E-state index contributed by atoms with van der Waals surface area (Å²) < 4.78 is 1.45. The van der Waals surface area contributed by atoms with E-state index in [9.17, 15) is 4.79 Å². The molecule has 0 bridgehead atoms. The molecule has 0 saturated carbocycles. The Labute approximate surface area is 175 Å². The van der Waals surface area contributed by atoms with Crippen molar-refractivity contribution >= 4 is 28.2 Å². The number of benzene rings is 1. The minimum atomic E-state index is -0.398. The topological polar surface area (TPSA) is 54.3 Å². The molecule has 1 aliphatic heterocycles. The Hall–Kier alpha value is -2.44. The standard InChI is InChI=1S/C22H26ClN5O/c1-22(2,3)28-21(29)19(23)18(14-25-28)27-12-10-26(11-13-27)15-17-7-4-6-16-8-5-9-24-20(16)17/h4-9,14H,10-13,15H2,1-3H3. The van der Waals surface area contributed by atoms with Crippen LogP contribution in [0.15, 0.2) is 47.5 Å². The first kappa shape index (κ1) is 19.9. The van der Waals surface area contributed by atoms with Crippen LogP contribution in [0, 0.1) is 0 Å². The molecule has 2 aromatic heterocycles. The molecule has 0 unspecified atom stereocenters. The van der Waals surface area contributed by atoms with E-state index in [1.807, 2.05) is 33.0 Å². The van der Waals surface area contributed by atoms with Crippen molar-refractivity contribution in [3.63, 3.8) is 0 Å². The largest absolute Gasteiger partial charge is 0.366 e. The van der Waals surface area contributed by atoms with Gasteiger partial charge in [0.1, 0.15) is 5.02 Å². The van der Waals surface area contributed by atoms with E-state index in [0.717, 1.165) is 43.9 Å². The number of hydrogen-bond donors (Lipinski definition) is 0. The Morgan fingerprint density at radius 3 is 2.52 bits per heavy atom. The van der Waals surface area contributed by atoms with Crippen molar-refractivity contribution in [2.75, 3.05) is 31.1 Å². The summed E-state index contributed by atoms with van der Waals surface area (Å²) in [5.74, 6) is 0. The van der Waals surface area contributed by atoms with Gasteiger partial charge in [-0.05, 0) is 32.4 Å². The highest BCUT2D eigenvalue weighted by Gasteiger charge is 2.24. The summed E-state index contributed by atoms with van der Waals surface area (Å²) in [6.07, 6.45) is 3.57. The van der Waals surface area contributed by atoms with Crippen molar-refractivity contribution < 1.29 is 0 Å². The number of fused-ring (bicyclic) bond motifs is 1. The first-order valence-electron chi connectivity index (χ1n) is 9.93. The Kier molecular flexibility index (Phi) is 5.32. The van der Waals surface area contributed by atoms with Gasteiger partial charge in [-0.25, -0.2) is 4.68 Å². The van der Waals surface area contributed by atoms with Crippen LogP contribution in [0.5, 0.6) is 0 Å². The van der Waals surface area contributed by atoms with Crippen molar-refractivity contribution in [1.29, 1.82) is 0 Å². The van der Waals surface area contributed by atoms with Crippen LogP contribution in [0.1, 0.15) is 26.3 Å². The smallest absolute Gasteiger partial charge is 0.288 e. The van der Waals surface area contributed by atoms with Crippen LogP contribution in [0.25, 0.3) is 10.9 Å². The van der Waals surface area contributed by atoms with Crippen molar-refractivity contribution in [3.8, 4) is 0 Å². The summed E-state index contributed by atoms with van der Waals surface area (Å²) in [6, 6.07) is 10.4. The molecule has 0 amide bonds. The number of anilines is 1. The lowest BCUT2D eigenvalue weighted by atomic mass is 10.1. The Bertz CT molecular complexity index is 1080. The molecule has 1 aliphatic rings. The average molecular weight is 412 g/mol. The van der Waals surface area contributed by atoms with Crippen LogP contribution in [-0.2, 0) is 12.1 Å². The third kappa shape index (κ3) is 4.00. The van der Waals surface area contributed by atoms with Crippen molar-refractivity contribution in [1.82, 2.24) is 19.7 Å². The molecule has 0 radical (unpaired) electrons. The number of nitrogens with zero attached hydrogens (tertiary/aromatic N) is 5. The fourth-order valence-electron chi connectivity index (χ4n) is 3.81. The molecule has 0 aliphatic carbocycles. The molecule has 0 atom stereocenters. The second-order valence-corrected chi connectivity index (χ2v) is 8.86. The number of piperazine rings is 1. The van der Waals surface area contributed by atoms with Gasteiger partial charge in [-0.3, -0.25) is 14.7 Å². The van der Waals surface area contributed by atoms with Gasteiger partial charge in [0.15, 0.2) is 0 Å². The number of halogens is 1. The molecule has 152 valence electrons. The number of hydrogen-bond acceptors (Lipinski definition) is 5. The van der Waals surface area contributed by atoms with Crippen LogP contribution in [-0.4, -0.2) is 45.8 Å². The third-order valence-electron chi connectivity index (χ3n) is 5.36. The van der Waals surface area contributed by atoms with Gasteiger partial charge in [-0.2, -0.15) is 5.10 Å². The number of aromatic nitrogens is 3. The van der Waals surface area contributed by atoms with Crippen LogP contribution in [0.3, 0.4) is 0 Å². The average Bonchev–Trinajstić information content (AvgIpc) is 2.70. The second-order valence-electron chi connectivity index (χ2n) is 8.49. The minimum absolute atomic E-state index is 0.235. The van der Waals surface area contributed by atoms with Gasteiger partial charge in [0.05, 0.1) is 22.9 Å². The van der Waals surface area contributed by atoms with Crippen molar-refractivity contribution in [2.24, 2.45) is 0 Å². The van der Waals surface area contributed by atoms with Crippen LogP contribution >= 0.6 is 11.6 Å². The third-order valence-corrected chi connectivity index (χ3v) is 5.71. The van der Waals surface area contributed by atoms with E-state index in [0.29, 0.717) is 0 Å². The van der Waals surface area contributed by atoms with Crippen molar-refractivity contribution in [3.05, 3.63) is 63.7 Å². The summed E-state index contributed by atoms with van der Waals surface area (Å²) in [7, 11) is 0. The first-order valence-corrected chi connectivity index (χ1v) is 10.3. The summed E-state index contributed by atoms with van der Waals surface area (Å²) in [4.78, 5) is 21.8. The molecule has 1 aromatic carbocycles. The summed E-state index contributed by atoms with van der Waals surface area (Å²) in [6.45, 7) is 10.1. The monoisotopic (exact) mass is 411 g/mol. The lowest BCUT2D eigenvalue weighted by molar-refractivity contribution is 0.250. The first-order chi connectivity index (χ1) is 13.8. The number of pyridine rings is 1. The lowest BCUT2D eigenvalue weighted by Gasteiger charge is -2.36. The maximum atomic E-state index is 12.6. The van der Waals surface area contributed by atoms with Gasteiger partial charge in [-0.1, -0.05) is 35.9 Å². The highest BCUT2D eigenvalue weighted by Crippen LogP contribution is 2.25. The lowest BCUT2D eigenvalue weighted by Crippen LogP contribution is -2.47. The van der Waals surface area contributed by atoms with E-state index in [-0.39, 0.29) is 10.6 Å². The molecule has 1 fully saturated rings. The molecule has 7 heteroatoms. The zero-order chi connectivity index (χ0) is 20.6. The van der Waals surface area contributed by atoms with E-state index in [2.05, 4.69) is 44.1 Å². The molecule has 0 spiro atoms. The Balaban J connectivity index is 1.47. The Morgan fingerprint density at radius 1 is 1.07 bits per heavy atom. The van der Waals surface area contributed by atoms with Gasteiger partial charge in [-0.15, -0.1) is 0 Å². The highest BCUT2D eigenvalue weighted by molar-refractivity contribution is 6.33. The molecular formula is C22H26ClN5O. The van der Waals surface area contributed by atoms with Gasteiger partial charge >= 0.3 is 0 Å². The van der Waals surface area contributed by atoms with E-state index in [1.165, 1.54) is 15.6 Å². The van der Waals surface area contributed by atoms with E-state index < -0.39 is 5.54 Å². The summed E-state index contributed by atoms with van der Waals surface area (Å²) in [5, 5.41) is 5.78. The molecule has 6 nitrogen and oxygen atoms in total. The van der Waals surface area contributed by atoms with Crippen LogP contribution in [0.4, 0.5) is 5.69 Å². The van der Waals surface area contributed by atoms with E-state index in [1.54, 1.807) is 6.20 Å². The molecule has 1 saturated heterocycles. The maximum absolute atomic E-state index is 12.6. The minimum Gasteiger partial charge on any atom is -0.366 e. The van der Waals surface area contributed by atoms with Gasteiger partial charge in [0.2, 0.25) is 0 Å². The normalized spacial score (nSPS) is 15.8. The highest BCUT2D eigenvalue weighted by atomic mass is 35.5. The SMILES string of the molecule is CC(C)(C)n1ncc(N2CCN(Cc3cccc4cccnc34)CC2)c(Cl)c1=O. The van der Waals surface area contributed by atoms with Crippen LogP contribution in [0.2, 0.25) is 5.02 Å². The zero-order valence-corrected chi connectivity index (χ0v) is 17.9. The maximum Gasteiger partial charge on any atom is 0.288 e. The van der Waals surface area contributed by atoms with E-state index >= 15 is 0 Å². The summed E-state index contributed by atoms with van der Waals surface area (Å²) in [5.41, 5.74) is 2.40. The van der Waals surface area contributed by atoms with Crippen molar-refractivity contribution in [2.45, 2.75) is 32.9 Å². The van der Waals surface area contributed by atoms with Gasteiger partial charge in [0, 0.05) is 44.3 Å². The fourth-order valence-corrected chi connectivity index (χ4v) is 4.05. The molecule has 3 heterocycles. The van der Waals surface area contributed by atoms with Crippen LogP contribution < -0.4 is 10.5 Å². The fraction of sp³-hybridized carbons (Fsp3) is 0.409. The molecule has 0 N–H and O–H groups in total. The number of para-hydroxylation sites is 1. The second kappa shape index (κ2) is 7.76. The molecule has 3 aromatic rings. The Morgan fingerprint density at radius 2 is 1.79 bits per heavy atom. The van der Waals surface area contributed by atoms with E-state index in [4.69, 9.17) is 11.6 Å². The quantitative estimate of drug-likeness (QED) is 0.660. The molecule has 29 heavy (non-hydrogen) atoms. The summed E-state index contributed by atoms with van der Waals surface area (Å²) >= 11 is 6.43. The number of rotatable bonds is 3. The predicted octanol–water partition coefficient (Wildman–Crippen LogP) is 3.52. The molecule has 4 rings (SSSR count). The van der Waals surface area contributed by atoms with Gasteiger partial charge in [0.25, 0.3) is 5.56 Å². The molecular weight excluding hydrogens is 386 g/mol. The predicted molar refractivity (Wildman–Crippen MR) is 118 cm³/mol. The zero-order valence-electron chi connectivity index (χ0n) is 17.1. The van der Waals surface area contributed by atoms with Gasteiger partial charge < -0.3 is 4.90 Å².